The van der Waals surface area contributed by atoms with E-state index in [2.05, 4.69) is 38.4 Å². The predicted octanol–water partition coefficient (Wildman–Crippen LogP) is 3.74. The molecule has 0 radical (unpaired) electrons. The second-order valence-electron chi connectivity index (χ2n) is 6.53. The molecular formula is C21H19FN4O. The summed E-state index contributed by atoms with van der Waals surface area (Å²) in [7, 11) is 0. The first-order chi connectivity index (χ1) is 13.1. The fraction of sp³-hybridized carbons (Fsp3) is 0.190. The molecule has 0 aliphatic carbocycles. The first-order valence-corrected chi connectivity index (χ1v) is 8.83. The van der Waals surface area contributed by atoms with Crippen molar-refractivity contribution in [3.63, 3.8) is 0 Å². The molecular weight excluding hydrogens is 343 g/mol. The highest BCUT2D eigenvalue weighted by Gasteiger charge is 2.20. The van der Waals surface area contributed by atoms with E-state index in [4.69, 9.17) is 0 Å². The highest BCUT2D eigenvalue weighted by molar-refractivity contribution is 6.03. The number of halogens is 1. The molecule has 6 heteroatoms. The van der Waals surface area contributed by atoms with E-state index in [9.17, 15) is 9.18 Å². The number of anilines is 2. The minimum Gasteiger partial charge on any atom is -0.352 e. The number of amides is 1. The number of hydrogen-bond donors (Lipinski definition) is 1. The monoisotopic (exact) mass is 362 g/mol. The summed E-state index contributed by atoms with van der Waals surface area (Å²) in [5, 5.41) is 2.58. The van der Waals surface area contributed by atoms with Crippen molar-refractivity contribution in [3.05, 3.63) is 83.1 Å². The van der Waals surface area contributed by atoms with Crippen molar-refractivity contribution < 1.29 is 9.18 Å². The summed E-state index contributed by atoms with van der Waals surface area (Å²) in [4.78, 5) is 23.4. The SMILES string of the molecule is Cc1nc(C(=O)Nc2ccccc2F)cc(N2CCc3ccccc3C2)n1. The Bertz CT molecular complexity index is 1000. The highest BCUT2D eigenvalue weighted by atomic mass is 19.1. The molecule has 2 heterocycles. The van der Waals surface area contributed by atoms with E-state index in [-0.39, 0.29) is 11.4 Å². The van der Waals surface area contributed by atoms with Gasteiger partial charge < -0.3 is 10.2 Å². The third-order valence-corrected chi connectivity index (χ3v) is 4.63. The van der Waals surface area contributed by atoms with Crippen LogP contribution in [0.5, 0.6) is 0 Å². The summed E-state index contributed by atoms with van der Waals surface area (Å²) < 4.78 is 13.8. The molecule has 0 atom stereocenters. The van der Waals surface area contributed by atoms with E-state index >= 15 is 0 Å². The third kappa shape index (κ3) is 3.65. The van der Waals surface area contributed by atoms with Gasteiger partial charge in [-0.1, -0.05) is 36.4 Å². The van der Waals surface area contributed by atoms with E-state index in [1.165, 1.54) is 23.3 Å². The van der Waals surface area contributed by atoms with Crippen molar-refractivity contribution in [1.82, 2.24) is 9.97 Å². The Labute approximate surface area is 156 Å². The Kier molecular flexibility index (Phi) is 4.54. The van der Waals surface area contributed by atoms with Gasteiger partial charge in [0.2, 0.25) is 0 Å². The molecule has 0 saturated carbocycles. The predicted molar refractivity (Wildman–Crippen MR) is 102 cm³/mol. The number of fused-ring (bicyclic) bond motifs is 1. The molecule has 1 N–H and O–H groups in total. The highest BCUT2D eigenvalue weighted by Crippen LogP contribution is 2.24. The number of nitrogens with one attached hydrogen (secondary N) is 1. The van der Waals surface area contributed by atoms with Crippen molar-refractivity contribution in [2.24, 2.45) is 0 Å². The quantitative estimate of drug-likeness (QED) is 0.771. The van der Waals surface area contributed by atoms with Crippen LogP contribution in [0, 0.1) is 12.7 Å². The van der Waals surface area contributed by atoms with Crippen molar-refractivity contribution >= 4 is 17.4 Å². The van der Waals surface area contributed by atoms with Gasteiger partial charge in [0.15, 0.2) is 0 Å². The first kappa shape index (κ1) is 17.1. The van der Waals surface area contributed by atoms with Crippen LogP contribution < -0.4 is 10.2 Å². The summed E-state index contributed by atoms with van der Waals surface area (Å²) >= 11 is 0. The molecule has 0 saturated heterocycles. The number of carbonyl (C=O) groups is 1. The number of para-hydroxylation sites is 1. The number of rotatable bonds is 3. The molecule has 0 spiro atoms. The van der Waals surface area contributed by atoms with Crippen LogP contribution in [0.15, 0.2) is 54.6 Å². The van der Waals surface area contributed by atoms with Gasteiger partial charge in [-0.3, -0.25) is 4.79 Å². The number of aromatic nitrogens is 2. The second kappa shape index (κ2) is 7.15. The van der Waals surface area contributed by atoms with Gasteiger partial charge in [-0.25, -0.2) is 14.4 Å². The molecule has 2 aromatic carbocycles. The molecule has 1 aromatic heterocycles. The van der Waals surface area contributed by atoms with Gasteiger partial charge >= 0.3 is 0 Å². The molecule has 1 aliphatic heterocycles. The zero-order chi connectivity index (χ0) is 18.8. The van der Waals surface area contributed by atoms with E-state index in [0.29, 0.717) is 11.6 Å². The van der Waals surface area contributed by atoms with Crippen molar-refractivity contribution in [2.45, 2.75) is 19.9 Å². The van der Waals surface area contributed by atoms with Gasteiger partial charge in [0, 0.05) is 19.2 Å². The maximum Gasteiger partial charge on any atom is 0.274 e. The largest absolute Gasteiger partial charge is 0.352 e. The average Bonchev–Trinajstić information content (AvgIpc) is 2.69. The summed E-state index contributed by atoms with van der Waals surface area (Å²) in [5.41, 5.74) is 2.96. The van der Waals surface area contributed by atoms with Gasteiger partial charge in [0.25, 0.3) is 5.91 Å². The molecule has 0 unspecified atom stereocenters. The Morgan fingerprint density at radius 2 is 1.81 bits per heavy atom. The fourth-order valence-corrected chi connectivity index (χ4v) is 3.27. The lowest BCUT2D eigenvalue weighted by Gasteiger charge is -2.30. The number of nitrogens with zero attached hydrogens (tertiary/aromatic N) is 3. The van der Waals surface area contributed by atoms with E-state index in [0.717, 1.165) is 19.5 Å². The topological polar surface area (TPSA) is 58.1 Å². The van der Waals surface area contributed by atoms with E-state index < -0.39 is 11.7 Å². The molecule has 27 heavy (non-hydrogen) atoms. The van der Waals surface area contributed by atoms with Crippen molar-refractivity contribution in [1.29, 1.82) is 0 Å². The van der Waals surface area contributed by atoms with Crippen LogP contribution in [0.3, 0.4) is 0 Å². The number of carbonyl (C=O) groups excluding carboxylic acids is 1. The standard InChI is InChI=1S/C21H19FN4O/c1-14-23-19(21(27)25-18-9-5-4-8-17(18)22)12-20(24-14)26-11-10-15-6-2-3-7-16(15)13-26/h2-9,12H,10-11,13H2,1H3,(H,25,27). The van der Waals surface area contributed by atoms with Crippen molar-refractivity contribution in [3.8, 4) is 0 Å². The zero-order valence-electron chi connectivity index (χ0n) is 14.9. The van der Waals surface area contributed by atoms with Crippen LogP contribution >= 0.6 is 0 Å². The van der Waals surface area contributed by atoms with Gasteiger partial charge in [-0.2, -0.15) is 0 Å². The lowest BCUT2D eigenvalue weighted by molar-refractivity contribution is 0.102. The van der Waals surface area contributed by atoms with Crippen LogP contribution in [0.1, 0.15) is 27.4 Å². The zero-order valence-corrected chi connectivity index (χ0v) is 14.9. The minimum atomic E-state index is -0.482. The molecule has 0 fully saturated rings. The Balaban J connectivity index is 1.59. The average molecular weight is 362 g/mol. The third-order valence-electron chi connectivity index (χ3n) is 4.63. The molecule has 0 bridgehead atoms. The van der Waals surface area contributed by atoms with Crippen LogP contribution in [0.2, 0.25) is 0 Å². The lowest BCUT2D eigenvalue weighted by atomic mass is 10.00. The van der Waals surface area contributed by atoms with Gasteiger partial charge in [-0.05, 0) is 36.6 Å². The summed E-state index contributed by atoms with van der Waals surface area (Å²) in [6, 6.07) is 16.1. The van der Waals surface area contributed by atoms with Gasteiger partial charge in [0.05, 0.1) is 5.69 Å². The van der Waals surface area contributed by atoms with E-state index in [1.54, 1.807) is 25.1 Å². The minimum absolute atomic E-state index is 0.132. The molecule has 136 valence electrons. The molecule has 1 aliphatic rings. The van der Waals surface area contributed by atoms with Crippen molar-refractivity contribution in [2.75, 3.05) is 16.8 Å². The van der Waals surface area contributed by atoms with Crippen LogP contribution in [0.4, 0.5) is 15.9 Å². The van der Waals surface area contributed by atoms with E-state index in [1.807, 2.05) is 6.07 Å². The Morgan fingerprint density at radius 1 is 1.07 bits per heavy atom. The maximum absolute atomic E-state index is 13.8. The molecule has 4 rings (SSSR count). The summed E-state index contributed by atoms with van der Waals surface area (Å²) in [6.07, 6.45) is 0.927. The number of aryl methyl sites for hydroxylation is 1. The summed E-state index contributed by atoms with van der Waals surface area (Å²) in [6.45, 7) is 3.31. The molecule has 3 aromatic rings. The van der Waals surface area contributed by atoms with Crippen LogP contribution in [0.25, 0.3) is 0 Å². The first-order valence-electron chi connectivity index (χ1n) is 8.83. The molecule has 5 nitrogen and oxygen atoms in total. The smallest absolute Gasteiger partial charge is 0.274 e. The Hall–Kier alpha value is -3.28. The maximum atomic E-state index is 13.8. The number of hydrogen-bond acceptors (Lipinski definition) is 4. The van der Waals surface area contributed by atoms with Gasteiger partial charge in [-0.15, -0.1) is 0 Å². The lowest BCUT2D eigenvalue weighted by Crippen LogP contribution is -2.31. The second-order valence-corrected chi connectivity index (χ2v) is 6.53. The fourth-order valence-electron chi connectivity index (χ4n) is 3.27. The van der Waals surface area contributed by atoms with Crippen LogP contribution in [-0.2, 0) is 13.0 Å². The summed E-state index contributed by atoms with van der Waals surface area (Å²) in [5.74, 6) is 0.273. The Morgan fingerprint density at radius 3 is 2.63 bits per heavy atom. The normalized spacial score (nSPS) is 13.2. The van der Waals surface area contributed by atoms with Crippen LogP contribution in [-0.4, -0.2) is 22.4 Å². The molecule has 1 amide bonds. The van der Waals surface area contributed by atoms with Gasteiger partial charge in [0.1, 0.15) is 23.2 Å². The number of benzene rings is 2.